The lowest BCUT2D eigenvalue weighted by atomic mass is 9.88. The minimum absolute atomic E-state index is 0.0334. The maximum atomic E-state index is 10.7. The summed E-state index contributed by atoms with van der Waals surface area (Å²) in [4.78, 5) is 10.7. The molecule has 1 N–H and O–H groups in total. The van der Waals surface area contributed by atoms with E-state index in [0.717, 1.165) is 19.3 Å². The molecule has 12 heavy (non-hydrogen) atoms. The lowest BCUT2D eigenvalue weighted by Gasteiger charge is -2.16. The van der Waals surface area contributed by atoms with Crippen molar-refractivity contribution in [2.45, 2.75) is 19.3 Å². The molecule has 2 fully saturated rings. The highest BCUT2D eigenvalue weighted by atomic mass is 16.4. The van der Waals surface area contributed by atoms with Crippen molar-refractivity contribution in [1.82, 2.24) is 0 Å². The van der Waals surface area contributed by atoms with Crippen LogP contribution in [0.3, 0.4) is 0 Å². The van der Waals surface area contributed by atoms with Gasteiger partial charge in [-0.05, 0) is 31.1 Å². The third-order valence-electron chi connectivity index (χ3n) is 3.38. The minimum atomic E-state index is -0.706. The number of hydrogen-bond donors (Lipinski definition) is 1. The molecule has 3 nitrogen and oxygen atoms in total. The van der Waals surface area contributed by atoms with Crippen molar-refractivity contribution in [3.8, 4) is 6.07 Å². The van der Waals surface area contributed by atoms with Gasteiger partial charge in [-0.15, -0.1) is 0 Å². The molecule has 2 rings (SSSR count). The number of hydrogen-bond acceptors (Lipinski definition) is 2. The number of nitriles is 1. The quantitative estimate of drug-likeness (QED) is 0.636. The molecule has 64 valence electrons. The molecular weight excluding hydrogens is 154 g/mol. The standard InChI is InChI=1S/C9H11NO2/c10-4-8-5-1-2-6(8)7(3-5)9(11)12/h5-8H,1-3H2,(H,11,12)/t5-,6-,7-,8+/m1/s1. The van der Waals surface area contributed by atoms with E-state index in [-0.39, 0.29) is 17.8 Å². The Morgan fingerprint density at radius 3 is 2.67 bits per heavy atom. The van der Waals surface area contributed by atoms with E-state index < -0.39 is 5.97 Å². The molecule has 2 saturated carbocycles. The molecule has 4 atom stereocenters. The van der Waals surface area contributed by atoms with E-state index >= 15 is 0 Å². The molecule has 0 aromatic rings. The van der Waals surface area contributed by atoms with Gasteiger partial charge in [-0.1, -0.05) is 0 Å². The smallest absolute Gasteiger partial charge is 0.306 e. The number of carboxylic acid groups (broad SMARTS) is 1. The van der Waals surface area contributed by atoms with Gasteiger partial charge in [-0.3, -0.25) is 4.79 Å². The van der Waals surface area contributed by atoms with Crippen molar-refractivity contribution in [1.29, 1.82) is 5.26 Å². The summed E-state index contributed by atoms with van der Waals surface area (Å²) in [5.41, 5.74) is 0. The van der Waals surface area contributed by atoms with Crippen LogP contribution in [-0.2, 0) is 4.79 Å². The van der Waals surface area contributed by atoms with E-state index in [1.165, 1.54) is 0 Å². The predicted octanol–water partition coefficient (Wildman–Crippen LogP) is 1.26. The maximum absolute atomic E-state index is 10.7. The summed E-state index contributed by atoms with van der Waals surface area (Å²) in [7, 11) is 0. The summed E-state index contributed by atoms with van der Waals surface area (Å²) in [6.07, 6.45) is 2.74. The number of rotatable bonds is 1. The van der Waals surface area contributed by atoms with Crippen LogP contribution in [0, 0.1) is 35.0 Å². The number of carboxylic acids is 1. The average molecular weight is 165 g/mol. The van der Waals surface area contributed by atoms with Gasteiger partial charge in [0, 0.05) is 0 Å². The SMILES string of the molecule is N#C[C@H]1[C@@H]2CC[C@@H]1[C@H](C(=O)O)C2. The van der Waals surface area contributed by atoms with Crippen molar-refractivity contribution in [2.75, 3.05) is 0 Å². The van der Waals surface area contributed by atoms with E-state index in [4.69, 9.17) is 10.4 Å². The fourth-order valence-electron chi connectivity index (χ4n) is 2.82. The minimum Gasteiger partial charge on any atom is -0.481 e. The van der Waals surface area contributed by atoms with Gasteiger partial charge in [0.15, 0.2) is 0 Å². The first-order valence-electron chi connectivity index (χ1n) is 4.36. The highest BCUT2D eigenvalue weighted by Crippen LogP contribution is 2.52. The highest BCUT2D eigenvalue weighted by molar-refractivity contribution is 5.71. The first-order chi connectivity index (χ1) is 5.74. The van der Waals surface area contributed by atoms with Gasteiger partial charge in [-0.2, -0.15) is 5.26 Å². The van der Waals surface area contributed by atoms with Crippen molar-refractivity contribution in [3.05, 3.63) is 0 Å². The monoisotopic (exact) mass is 165 g/mol. The number of carbonyl (C=O) groups is 1. The van der Waals surface area contributed by atoms with Crippen LogP contribution in [0.5, 0.6) is 0 Å². The van der Waals surface area contributed by atoms with E-state index in [9.17, 15) is 4.79 Å². The lowest BCUT2D eigenvalue weighted by Crippen LogP contribution is -2.21. The summed E-state index contributed by atoms with van der Waals surface area (Å²) in [5.74, 6) is -0.374. The number of aliphatic carboxylic acids is 1. The van der Waals surface area contributed by atoms with Crippen LogP contribution in [0.1, 0.15) is 19.3 Å². The number of nitrogens with zero attached hydrogens (tertiary/aromatic N) is 1. The summed E-state index contributed by atoms with van der Waals surface area (Å²) in [6.45, 7) is 0. The molecule has 0 aromatic carbocycles. The Morgan fingerprint density at radius 2 is 2.25 bits per heavy atom. The topological polar surface area (TPSA) is 61.1 Å². The Kier molecular flexibility index (Phi) is 1.57. The zero-order valence-electron chi connectivity index (χ0n) is 6.73. The third kappa shape index (κ3) is 0.842. The maximum Gasteiger partial charge on any atom is 0.306 e. The number of fused-ring (bicyclic) bond motifs is 2. The second-order valence-corrected chi connectivity index (χ2v) is 3.84. The summed E-state index contributed by atoms with van der Waals surface area (Å²) >= 11 is 0. The molecule has 0 spiro atoms. The second-order valence-electron chi connectivity index (χ2n) is 3.84. The molecule has 0 saturated heterocycles. The summed E-state index contributed by atoms with van der Waals surface area (Å²) < 4.78 is 0. The predicted molar refractivity (Wildman–Crippen MR) is 41.1 cm³/mol. The van der Waals surface area contributed by atoms with Crippen molar-refractivity contribution in [2.24, 2.45) is 23.7 Å². The van der Waals surface area contributed by atoms with Gasteiger partial charge in [0.2, 0.25) is 0 Å². The molecule has 2 bridgehead atoms. The normalized spacial score (nSPS) is 44.2. The van der Waals surface area contributed by atoms with E-state index in [1.54, 1.807) is 0 Å². The molecular formula is C9H11NO2. The van der Waals surface area contributed by atoms with Gasteiger partial charge in [-0.25, -0.2) is 0 Å². The Bertz CT molecular complexity index is 256. The lowest BCUT2D eigenvalue weighted by molar-refractivity contribution is -0.143. The molecule has 3 heteroatoms. The fourth-order valence-corrected chi connectivity index (χ4v) is 2.82. The molecule has 0 heterocycles. The van der Waals surface area contributed by atoms with Gasteiger partial charge >= 0.3 is 5.97 Å². The second kappa shape index (κ2) is 2.48. The fraction of sp³-hybridized carbons (Fsp3) is 0.778. The Balaban J connectivity index is 2.19. The van der Waals surface area contributed by atoms with Gasteiger partial charge in [0.1, 0.15) is 0 Å². The highest BCUT2D eigenvalue weighted by Gasteiger charge is 2.50. The molecule has 0 amide bonds. The Hall–Kier alpha value is -1.04. The first-order valence-corrected chi connectivity index (χ1v) is 4.36. The van der Waals surface area contributed by atoms with E-state index in [2.05, 4.69) is 6.07 Å². The van der Waals surface area contributed by atoms with Crippen LogP contribution in [-0.4, -0.2) is 11.1 Å². The van der Waals surface area contributed by atoms with Gasteiger partial charge in [0.05, 0.1) is 17.9 Å². The molecule has 2 aliphatic carbocycles. The largest absolute Gasteiger partial charge is 0.481 e. The van der Waals surface area contributed by atoms with Crippen LogP contribution >= 0.6 is 0 Å². The van der Waals surface area contributed by atoms with Crippen molar-refractivity contribution in [3.63, 3.8) is 0 Å². The van der Waals surface area contributed by atoms with Crippen molar-refractivity contribution < 1.29 is 9.90 Å². The van der Waals surface area contributed by atoms with Gasteiger partial charge < -0.3 is 5.11 Å². The van der Waals surface area contributed by atoms with Crippen LogP contribution in [0.15, 0.2) is 0 Å². The summed E-state index contributed by atoms with van der Waals surface area (Å²) in [5, 5.41) is 17.6. The van der Waals surface area contributed by atoms with Crippen LogP contribution in [0.2, 0.25) is 0 Å². The molecule has 0 aromatic heterocycles. The zero-order chi connectivity index (χ0) is 8.72. The van der Waals surface area contributed by atoms with E-state index in [0.29, 0.717) is 5.92 Å². The molecule has 0 aliphatic heterocycles. The first kappa shape index (κ1) is 7.60. The summed E-state index contributed by atoms with van der Waals surface area (Å²) in [6, 6.07) is 2.25. The van der Waals surface area contributed by atoms with Crippen molar-refractivity contribution >= 4 is 5.97 Å². The molecule has 0 unspecified atom stereocenters. The van der Waals surface area contributed by atoms with E-state index in [1.807, 2.05) is 0 Å². The van der Waals surface area contributed by atoms with Gasteiger partial charge in [0.25, 0.3) is 0 Å². The molecule has 0 radical (unpaired) electrons. The molecule has 2 aliphatic rings. The Labute approximate surface area is 71.0 Å². The Morgan fingerprint density at radius 1 is 1.50 bits per heavy atom. The van der Waals surface area contributed by atoms with Crippen LogP contribution < -0.4 is 0 Å². The van der Waals surface area contributed by atoms with Crippen LogP contribution in [0.4, 0.5) is 0 Å². The van der Waals surface area contributed by atoms with Crippen LogP contribution in [0.25, 0.3) is 0 Å². The zero-order valence-corrected chi connectivity index (χ0v) is 6.73. The average Bonchev–Trinajstić information content (AvgIpc) is 2.59. The third-order valence-corrected chi connectivity index (χ3v) is 3.38.